The van der Waals surface area contributed by atoms with Crippen LogP contribution in [-0.4, -0.2) is 0 Å². The Labute approximate surface area is 71.0 Å². The molecular weight excluding hydrogens is 180 g/mol. The summed E-state index contributed by atoms with van der Waals surface area (Å²) in [7, 11) is 0. The summed E-state index contributed by atoms with van der Waals surface area (Å²) in [5.41, 5.74) is 0. The van der Waals surface area contributed by atoms with Crippen LogP contribution in [0.15, 0.2) is 0 Å². The van der Waals surface area contributed by atoms with E-state index in [0.29, 0.717) is 0 Å². The fourth-order valence-electron chi connectivity index (χ4n) is 0. The molecule has 5 heavy (non-hydrogen) atoms. The Hall–Kier alpha value is 1.93. The number of hydrogen-bond acceptors (Lipinski definition) is 1. The monoisotopic (exact) mass is 185 g/mol. The Kier molecular flexibility index (Phi) is 505. The largest absolute Gasteiger partial charge is 3.00 e. The molecule has 0 saturated heterocycles. The summed E-state index contributed by atoms with van der Waals surface area (Å²) in [4.78, 5) is 0. The van der Waals surface area contributed by atoms with Crippen molar-refractivity contribution < 1.29 is 17.4 Å². The van der Waals surface area contributed by atoms with Gasteiger partial charge < -0.3 is 27.0 Å². The molecule has 1 radical (unpaired) electrons. The zero-order chi connectivity index (χ0) is 0. The van der Waals surface area contributed by atoms with Gasteiger partial charge in [-0.3, -0.25) is 0 Å². The van der Waals surface area contributed by atoms with Crippen LogP contribution >= 0.6 is 27.0 Å². The predicted octanol–water partition coefficient (Wildman–Crippen LogP) is -0.0494. The third-order valence-electron chi connectivity index (χ3n) is 0. The smallest absolute Gasteiger partial charge is 2.00 e. The standard InChI is InChI=1S/Cr.3H2S.S/h;3*1H2;/q+3;;;;-2/p-1. The quantitative estimate of drug-likeness (QED) is 0.377. The van der Waals surface area contributed by atoms with Crippen LogP contribution in [0.2, 0.25) is 0 Å². The van der Waals surface area contributed by atoms with Crippen LogP contribution in [0.4, 0.5) is 0 Å². The van der Waals surface area contributed by atoms with Gasteiger partial charge in [0, 0.05) is 0 Å². The molecule has 0 heterocycles. The van der Waals surface area contributed by atoms with Crippen LogP contribution in [0.25, 0.3) is 0 Å². The molecule has 35 valence electrons. The first-order valence-electron chi connectivity index (χ1n) is 0. The Morgan fingerprint density at radius 3 is 0.800 bits per heavy atom. The molecule has 0 unspecified atom stereocenters. The summed E-state index contributed by atoms with van der Waals surface area (Å²) in [5, 5.41) is 0. The van der Waals surface area contributed by atoms with Gasteiger partial charge in [0.2, 0.25) is 0 Å². The van der Waals surface area contributed by atoms with E-state index >= 15 is 0 Å². The fraction of sp³-hybridized carbons (Fsp3) is 0. The van der Waals surface area contributed by atoms with E-state index < -0.39 is 0 Å². The summed E-state index contributed by atoms with van der Waals surface area (Å²) < 4.78 is 0. The molecule has 0 aromatic carbocycles. The molecule has 0 rings (SSSR count). The zero-order valence-electron chi connectivity index (χ0n) is 2.26. The van der Waals surface area contributed by atoms with Crippen molar-refractivity contribution in [3.8, 4) is 0 Å². The van der Waals surface area contributed by atoms with Crippen molar-refractivity contribution in [3.05, 3.63) is 0 Å². The maximum Gasteiger partial charge on any atom is 3.00 e. The SMILES string of the molecule is S.S.[Cr+3].[S-2].[SH-]. The average Bonchev–Trinajstić information content (AvgIpc) is 0. The van der Waals surface area contributed by atoms with Crippen LogP contribution in [-0.2, 0) is 44.4 Å². The molecule has 0 N–H and O–H groups in total. The molecule has 0 aliphatic carbocycles. The molecular formula is H5CrS4. The van der Waals surface area contributed by atoms with Crippen LogP contribution < -0.4 is 0 Å². The molecule has 0 amide bonds. The summed E-state index contributed by atoms with van der Waals surface area (Å²) in [6.07, 6.45) is 0. The Morgan fingerprint density at radius 2 is 0.800 bits per heavy atom. The van der Waals surface area contributed by atoms with Gasteiger partial charge in [-0.15, -0.1) is 0 Å². The van der Waals surface area contributed by atoms with Gasteiger partial charge >= 0.3 is 17.4 Å². The molecule has 0 spiro atoms. The zero-order valence-corrected chi connectivity index (χ0v) is 7.25. The first kappa shape index (κ1) is 65.3. The topological polar surface area (TPSA) is 0 Å². The fourth-order valence-corrected chi connectivity index (χ4v) is 0. The molecule has 0 aliphatic rings. The van der Waals surface area contributed by atoms with Crippen molar-refractivity contribution in [2.45, 2.75) is 0 Å². The number of rotatable bonds is 0. The van der Waals surface area contributed by atoms with Gasteiger partial charge in [-0.05, 0) is 0 Å². The summed E-state index contributed by atoms with van der Waals surface area (Å²) in [6.45, 7) is 0. The van der Waals surface area contributed by atoms with Crippen molar-refractivity contribution >= 4 is 54.0 Å². The molecule has 0 aromatic rings. The summed E-state index contributed by atoms with van der Waals surface area (Å²) in [5.74, 6) is 0. The Balaban J connectivity index is 0. The second kappa shape index (κ2) is 38.6. The van der Waals surface area contributed by atoms with E-state index in [9.17, 15) is 0 Å². The summed E-state index contributed by atoms with van der Waals surface area (Å²) >= 11 is 0. The van der Waals surface area contributed by atoms with Crippen molar-refractivity contribution in [1.29, 1.82) is 0 Å². The van der Waals surface area contributed by atoms with Gasteiger partial charge in [-0.25, -0.2) is 0 Å². The van der Waals surface area contributed by atoms with Crippen LogP contribution in [0.1, 0.15) is 0 Å². The van der Waals surface area contributed by atoms with Crippen LogP contribution in [0.5, 0.6) is 0 Å². The van der Waals surface area contributed by atoms with E-state index in [1.54, 1.807) is 0 Å². The third kappa shape index (κ3) is 24.6. The number of thiol groups is 1. The van der Waals surface area contributed by atoms with E-state index in [2.05, 4.69) is 0 Å². The first-order valence-corrected chi connectivity index (χ1v) is 0. The van der Waals surface area contributed by atoms with Crippen LogP contribution in [0.3, 0.4) is 0 Å². The minimum absolute atomic E-state index is 0. The van der Waals surface area contributed by atoms with Crippen molar-refractivity contribution in [3.63, 3.8) is 0 Å². The van der Waals surface area contributed by atoms with Gasteiger partial charge in [-0.2, -0.15) is 27.0 Å². The minimum atomic E-state index is 0. The van der Waals surface area contributed by atoms with E-state index in [0.717, 1.165) is 0 Å². The molecule has 0 nitrogen and oxygen atoms in total. The van der Waals surface area contributed by atoms with Crippen LogP contribution in [0, 0.1) is 0 Å². The third-order valence-corrected chi connectivity index (χ3v) is 0. The van der Waals surface area contributed by atoms with Crippen molar-refractivity contribution in [2.75, 3.05) is 0 Å². The Morgan fingerprint density at radius 1 is 0.800 bits per heavy atom. The van der Waals surface area contributed by atoms with Crippen molar-refractivity contribution in [1.82, 2.24) is 0 Å². The van der Waals surface area contributed by atoms with Gasteiger partial charge in [-0.1, -0.05) is 0 Å². The maximum absolute atomic E-state index is 0. The average molecular weight is 185 g/mol. The van der Waals surface area contributed by atoms with E-state index in [1.165, 1.54) is 0 Å². The molecule has 5 heteroatoms. The van der Waals surface area contributed by atoms with Gasteiger partial charge in [0.15, 0.2) is 0 Å². The molecule has 0 aromatic heterocycles. The maximum atomic E-state index is 0. The number of hydrogen-bond donors (Lipinski definition) is 0. The Bertz CT molecular complexity index is 3.61. The second-order valence-corrected chi connectivity index (χ2v) is 0. The van der Waals surface area contributed by atoms with E-state index in [1.807, 2.05) is 0 Å². The molecule has 0 fully saturated rings. The molecule has 0 saturated carbocycles. The van der Waals surface area contributed by atoms with E-state index in [-0.39, 0.29) is 71.3 Å². The van der Waals surface area contributed by atoms with Gasteiger partial charge in [0.1, 0.15) is 0 Å². The molecule has 0 aliphatic heterocycles. The van der Waals surface area contributed by atoms with Crippen molar-refractivity contribution in [2.24, 2.45) is 0 Å². The normalized spacial score (nSPS) is 0. The molecule has 0 bridgehead atoms. The van der Waals surface area contributed by atoms with Gasteiger partial charge in [0.25, 0.3) is 0 Å². The second-order valence-electron chi connectivity index (χ2n) is 0. The minimum Gasteiger partial charge on any atom is -2.00 e. The predicted molar refractivity (Wildman–Crippen MR) is 36.9 cm³/mol. The van der Waals surface area contributed by atoms with E-state index in [4.69, 9.17) is 0 Å². The summed E-state index contributed by atoms with van der Waals surface area (Å²) in [6, 6.07) is 0. The first-order chi connectivity index (χ1) is 0. The van der Waals surface area contributed by atoms with Gasteiger partial charge in [0.05, 0.1) is 0 Å². The molecule has 0 atom stereocenters.